The van der Waals surface area contributed by atoms with Crippen LogP contribution in [0.2, 0.25) is 0 Å². The molecular weight excluding hydrogens is 308 g/mol. The minimum atomic E-state index is -0.564. The van der Waals surface area contributed by atoms with Crippen LogP contribution in [0.25, 0.3) is 0 Å². The van der Waals surface area contributed by atoms with E-state index in [-0.39, 0.29) is 11.4 Å². The third-order valence-corrected chi connectivity index (χ3v) is 3.18. The van der Waals surface area contributed by atoms with Gasteiger partial charge < -0.3 is 10.5 Å². The number of halogens is 1. The number of rotatable bonds is 3. The lowest BCUT2D eigenvalue weighted by Crippen LogP contribution is -2.13. The zero-order chi connectivity index (χ0) is 14.0. The number of nitrogens with two attached hydrogens (primary N) is 1. The van der Waals surface area contributed by atoms with Crippen molar-refractivity contribution in [2.24, 2.45) is 5.73 Å². The lowest BCUT2D eigenvalue weighted by molar-refractivity contribution is 0.0997. The highest BCUT2D eigenvalue weighted by molar-refractivity contribution is 9.10. The summed E-state index contributed by atoms with van der Waals surface area (Å²) in [5, 5.41) is 0. The fourth-order valence-corrected chi connectivity index (χ4v) is 2.17. The van der Waals surface area contributed by atoms with Crippen molar-refractivity contribution in [1.82, 2.24) is 4.98 Å². The van der Waals surface area contributed by atoms with Crippen LogP contribution in [0.4, 0.5) is 0 Å². The van der Waals surface area contributed by atoms with Crippen molar-refractivity contribution in [1.29, 1.82) is 0 Å². The van der Waals surface area contributed by atoms with Gasteiger partial charge in [-0.3, -0.25) is 4.79 Å². The Morgan fingerprint density at radius 1 is 1.26 bits per heavy atom. The van der Waals surface area contributed by atoms with Gasteiger partial charge in [-0.15, -0.1) is 0 Å². The molecule has 0 fully saturated rings. The van der Waals surface area contributed by atoms with Gasteiger partial charge in [0.05, 0.1) is 4.47 Å². The number of benzene rings is 1. The SMILES string of the molecule is Cc1ccc(Oc2nc(C)ccc2C(N)=O)c(Br)c1. The van der Waals surface area contributed by atoms with E-state index in [2.05, 4.69) is 20.9 Å². The number of hydrogen-bond donors (Lipinski definition) is 1. The molecule has 2 N–H and O–H groups in total. The Kier molecular flexibility index (Phi) is 3.85. The van der Waals surface area contributed by atoms with Gasteiger partial charge in [-0.25, -0.2) is 4.98 Å². The van der Waals surface area contributed by atoms with Crippen molar-refractivity contribution in [3.05, 3.63) is 51.6 Å². The predicted molar refractivity (Wildman–Crippen MR) is 76.4 cm³/mol. The molecule has 0 atom stereocenters. The molecule has 0 bridgehead atoms. The van der Waals surface area contributed by atoms with E-state index < -0.39 is 5.91 Å². The van der Waals surface area contributed by atoms with Crippen molar-refractivity contribution < 1.29 is 9.53 Å². The molecule has 1 heterocycles. The topological polar surface area (TPSA) is 65.2 Å². The highest BCUT2D eigenvalue weighted by Gasteiger charge is 2.13. The molecule has 2 aromatic rings. The van der Waals surface area contributed by atoms with Crippen LogP contribution in [0.5, 0.6) is 11.6 Å². The molecule has 5 heteroatoms. The average molecular weight is 321 g/mol. The van der Waals surface area contributed by atoms with Gasteiger partial charge in [-0.1, -0.05) is 6.07 Å². The molecule has 0 radical (unpaired) electrons. The van der Waals surface area contributed by atoms with Crippen LogP contribution in [-0.2, 0) is 0 Å². The number of primary amides is 1. The second-order valence-electron chi connectivity index (χ2n) is 4.21. The first-order valence-corrected chi connectivity index (χ1v) is 6.48. The third-order valence-electron chi connectivity index (χ3n) is 2.56. The summed E-state index contributed by atoms with van der Waals surface area (Å²) in [6.07, 6.45) is 0. The van der Waals surface area contributed by atoms with Crippen molar-refractivity contribution in [2.45, 2.75) is 13.8 Å². The van der Waals surface area contributed by atoms with E-state index in [4.69, 9.17) is 10.5 Å². The minimum absolute atomic E-state index is 0.219. The van der Waals surface area contributed by atoms with E-state index in [9.17, 15) is 4.79 Å². The van der Waals surface area contributed by atoms with Crippen molar-refractivity contribution in [3.63, 3.8) is 0 Å². The van der Waals surface area contributed by atoms with Gasteiger partial charge in [-0.2, -0.15) is 0 Å². The second-order valence-corrected chi connectivity index (χ2v) is 5.06. The first-order valence-electron chi connectivity index (χ1n) is 5.69. The number of pyridine rings is 1. The fraction of sp³-hybridized carbons (Fsp3) is 0.143. The van der Waals surface area contributed by atoms with E-state index >= 15 is 0 Å². The first kappa shape index (κ1) is 13.5. The highest BCUT2D eigenvalue weighted by Crippen LogP contribution is 2.31. The molecular formula is C14H13BrN2O2. The number of aryl methyl sites for hydroxylation is 2. The van der Waals surface area contributed by atoms with Gasteiger partial charge in [-0.05, 0) is 59.6 Å². The van der Waals surface area contributed by atoms with Crippen LogP contribution < -0.4 is 10.5 Å². The van der Waals surface area contributed by atoms with Crippen LogP contribution >= 0.6 is 15.9 Å². The summed E-state index contributed by atoms with van der Waals surface area (Å²) in [6.45, 7) is 3.80. The molecule has 0 saturated heterocycles. The predicted octanol–water partition coefficient (Wildman–Crippen LogP) is 3.35. The average Bonchev–Trinajstić information content (AvgIpc) is 2.32. The Bertz CT molecular complexity index is 641. The standard InChI is InChI=1S/C14H13BrN2O2/c1-8-3-6-12(11(15)7-8)19-14-10(13(16)18)5-4-9(2)17-14/h3-7H,1-2H3,(H2,16,18). The second kappa shape index (κ2) is 5.40. The summed E-state index contributed by atoms with van der Waals surface area (Å²) in [5.41, 5.74) is 7.43. The lowest BCUT2D eigenvalue weighted by Gasteiger charge is -2.10. The summed E-state index contributed by atoms with van der Waals surface area (Å²) in [6, 6.07) is 8.99. The molecule has 19 heavy (non-hydrogen) atoms. The number of aromatic nitrogens is 1. The lowest BCUT2D eigenvalue weighted by atomic mass is 10.2. The van der Waals surface area contributed by atoms with Gasteiger partial charge in [0.25, 0.3) is 5.91 Å². The number of hydrogen-bond acceptors (Lipinski definition) is 3. The van der Waals surface area contributed by atoms with E-state index in [0.717, 1.165) is 15.7 Å². The fourth-order valence-electron chi connectivity index (χ4n) is 1.59. The van der Waals surface area contributed by atoms with Gasteiger partial charge in [0.15, 0.2) is 0 Å². The molecule has 1 aromatic heterocycles. The maximum atomic E-state index is 11.4. The Morgan fingerprint density at radius 3 is 2.63 bits per heavy atom. The Labute approximate surface area is 119 Å². The Hall–Kier alpha value is -1.88. The molecule has 1 aromatic carbocycles. The van der Waals surface area contributed by atoms with E-state index in [0.29, 0.717) is 5.75 Å². The van der Waals surface area contributed by atoms with Crippen LogP contribution in [0, 0.1) is 13.8 Å². The van der Waals surface area contributed by atoms with Crippen molar-refractivity contribution in [2.75, 3.05) is 0 Å². The molecule has 98 valence electrons. The highest BCUT2D eigenvalue weighted by atomic mass is 79.9. The summed E-state index contributed by atoms with van der Waals surface area (Å²) in [5.74, 6) is 0.244. The third kappa shape index (κ3) is 3.12. The van der Waals surface area contributed by atoms with Gasteiger partial charge in [0, 0.05) is 5.69 Å². The van der Waals surface area contributed by atoms with E-state index in [1.165, 1.54) is 0 Å². The number of amides is 1. The molecule has 0 saturated carbocycles. The van der Waals surface area contributed by atoms with Gasteiger partial charge in [0.1, 0.15) is 11.3 Å². The number of ether oxygens (including phenoxy) is 1. The number of carbonyl (C=O) groups excluding carboxylic acids is 1. The Balaban J connectivity index is 2.42. The summed E-state index contributed by atoms with van der Waals surface area (Å²) in [7, 11) is 0. The van der Waals surface area contributed by atoms with E-state index in [1.807, 2.05) is 32.0 Å². The maximum absolute atomic E-state index is 11.4. The van der Waals surface area contributed by atoms with Gasteiger partial charge in [0.2, 0.25) is 5.88 Å². The molecule has 4 nitrogen and oxygen atoms in total. The van der Waals surface area contributed by atoms with Crippen molar-refractivity contribution >= 4 is 21.8 Å². The number of nitrogens with zero attached hydrogens (tertiary/aromatic N) is 1. The normalized spacial score (nSPS) is 10.3. The smallest absolute Gasteiger partial charge is 0.254 e. The minimum Gasteiger partial charge on any atom is -0.437 e. The number of carbonyl (C=O) groups is 1. The zero-order valence-electron chi connectivity index (χ0n) is 10.6. The van der Waals surface area contributed by atoms with Crippen LogP contribution in [0.15, 0.2) is 34.8 Å². The molecule has 1 amide bonds. The molecule has 0 unspecified atom stereocenters. The molecule has 2 rings (SSSR count). The van der Waals surface area contributed by atoms with E-state index in [1.54, 1.807) is 12.1 Å². The van der Waals surface area contributed by atoms with Crippen LogP contribution in [0.3, 0.4) is 0 Å². The first-order chi connectivity index (χ1) is 8.97. The Morgan fingerprint density at radius 2 is 2.00 bits per heavy atom. The van der Waals surface area contributed by atoms with Gasteiger partial charge >= 0.3 is 0 Å². The quantitative estimate of drug-likeness (QED) is 0.943. The molecule has 0 aliphatic heterocycles. The van der Waals surface area contributed by atoms with Crippen molar-refractivity contribution in [3.8, 4) is 11.6 Å². The largest absolute Gasteiger partial charge is 0.437 e. The maximum Gasteiger partial charge on any atom is 0.254 e. The molecule has 0 aliphatic rings. The van der Waals surface area contributed by atoms with Crippen LogP contribution in [-0.4, -0.2) is 10.9 Å². The summed E-state index contributed by atoms with van der Waals surface area (Å²) < 4.78 is 6.48. The molecule has 0 spiro atoms. The monoisotopic (exact) mass is 320 g/mol. The summed E-state index contributed by atoms with van der Waals surface area (Å²) >= 11 is 3.42. The zero-order valence-corrected chi connectivity index (χ0v) is 12.2. The summed E-state index contributed by atoms with van der Waals surface area (Å²) in [4.78, 5) is 15.6. The van der Waals surface area contributed by atoms with Crippen LogP contribution in [0.1, 0.15) is 21.6 Å². The molecule has 0 aliphatic carbocycles.